The summed E-state index contributed by atoms with van der Waals surface area (Å²) >= 11 is 7.87. The van der Waals surface area contributed by atoms with Crippen molar-refractivity contribution >= 4 is 22.9 Å². The molecule has 1 aromatic carbocycles. The number of aryl methyl sites for hydroxylation is 1. The van der Waals surface area contributed by atoms with Crippen LogP contribution in [0.5, 0.6) is 11.5 Å². The van der Waals surface area contributed by atoms with E-state index >= 15 is 0 Å². The van der Waals surface area contributed by atoms with E-state index in [1.54, 1.807) is 25.6 Å². The Morgan fingerprint density at radius 2 is 1.95 bits per heavy atom. The maximum Gasteiger partial charge on any atom is 0.160 e. The third kappa shape index (κ3) is 3.08. The van der Waals surface area contributed by atoms with Crippen molar-refractivity contribution in [1.29, 1.82) is 0 Å². The largest absolute Gasteiger partial charge is 0.493 e. The first-order valence-electron chi connectivity index (χ1n) is 6.26. The monoisotopic (exact) mass is 311 g/mol. The van der Waals surface area contributed by atoms with Gasteiger partial charge in [-0.15, -0.1) is 11.3 Å². The van der Waals surface area contributed by atoms with Gasteiger partial charge in [0.15, 0.2) is 11.5 Å². The molecule has 2 aromatic rings. The summed E-state index contributed by atoms with van der Waals surface area (Å²) < 4.78 is 10.5. The number of benzene rings is 1. The van der Waals surface area contributed by atoms with Crippen LogP contribution in [-0.4, -0.2) is 14.2 Å². The van der Waals surface area contributed by atoms with Gasteiger partial charge in [-0.2, -0.15) is 0 Å². The summed E-state index contributed by atoms with van der Waals surface area (Å²) in [6.07, 6.45) is 0.708. The lowest BCUT2D eigenvalue weighted by molar-refractivity contribution is 0.354. The lowest BCUT2D eigenvalue weighted by Gasteiger charge is -2.13. The van der Waals surface area contributed by atoms with Gasteiger partial charge >= 0.3 is 0 Å². The van der Waals surface area contributed by atoms with E-state index in [-0.39, 0.29) is 6.04 Å². The third-order valence-electron chi connectivity index (χ3n) is 3.17. The van der Waals surface area contributed by atoms with Gasteiger partial charge in [-0.25, -0.2) is 0 Å². The first kappa shape index (κ1) is 15.2. The normalized spacial score (nSPS) is 12.2. The Hall–Kier alpha value is -1.23. The van der Waals surface area contributed by atoms with Crippen molar-refractivity contribution in [2.75, 3.05) is 14.2 Å². The molecule has 3 nitrogen and oxygen atoms in total. The fraction of sp³-hybridized carbons (Fsp3) is 0.333. The lowest BCUT2D eigenvalue weighted by atomic mass is 10.0. The second-order valence-corrected chi connectivity index (χ2v) is 5.89. The molecule has 0 fully saturated rings. The lowest BCUT2D eigenvalue weighted by Crippen LogP contribution is -2.12. The zero-order chi connectivity index (χ0) is 14.7. The molecule has 0 aliphatic heterocycles. The molecule has 0 saturated carbocycles. The fourth-order valence-electron chi connectivity index (χ4n) is 2.05. The van der Waals surface area contributed by atoms with Gasteiger partial charge in [-0.1, -0.05) is 17.7 Å². The van der Waals surface area contributed by atoms with Gasteiger partial charge in [0.25, 0.3) is 0 Å². The Balaban J connectivity index is 2.19. The van der Waals surface area contributed by atoms with Gasteiger partial charge in [-0.3, -0.25) is 0 Å². The van der Waals surface area contributed by atoms with Gasteiger partial charge in [0.2, 0.25) is 0 Å². The Bertz CT molecular complexity index is 598. The number of nitrogens with two attached hydrogens (primary N) is 1. The van der Waals surface area contributed by atoms with E-state index in [9.17, 15) is 0 Å². The molecule has 0 spiro atoms. The summed E-state index contributed by atoms with van der Waals surface area (Å²) in [5.74, 6) is 1.43. The molecule has 108 valence electrons. The zero-order valence-corrected chi connectivity index (χ0v) is 13.3. The Morgan fingerprint density at radius 3 is 2.50 bits per heavy atom. The van der Waals surface area contributed by atoms with Gasteiger partial charge in [0.1, 0.15) is 0 Å². The van der Waals surface area contributed by atoms with Crippen molar-refractivity contribution in [1.82, 2.24) is 0 Å². The van der Waals surface area contributed by atoms with Crippen molar-refractivity contribution < 1.29 is 9.47 Å². The highest BCUT2D eigenvalue weighted by atomic mass is 35.5. The van der Waals surface area contributed by atoms with Crippen molar-refractivity contribution in [3.63, 3.8) is 0 Å². The van der Waals surface area contributed by atoms with Crippen LogP contribution in [0.1, 0.15) is 22.0 Å². The highest BCUT2D eigenvalue weighted by molar-refractivity contribution is 7.10. The topological polar surface area (TPSA) is 44.5 Å². The smallest absolute Gasteiger partial charge is 0.160 e. The van der Waals surface area contributed by atoms with Crippen molar-refractivity contribution in [2.45, 2.75) is 19.4 Å². The van der Waals surface area contributed by atoms with E-state index in [4.69, 9.17) is 26.8 Å². The standard InChI is InChI=1S/C15H18ClNO2S/c1-9-8-20-15(14(9)16)11(17)6-10-4-5-12(18-2)13(7-10)19-3/h4-5,7-8,11H,6,17H2,1-3H3. The average molecular weight is 312 g/mol. The quantitative estimate of drug-likeness (QED) is 0.908. The predicted octanol–water partition coefficient (Wildman–Crippen LogP) is 3.97. The second-order valence-electron chi connectivity index (χ2n) is 4.60. The molecular weight excluding hydrogens is 294 g/mol. The van der Waals surface area contributed by atoms with Gasteiger partial charge in [-0.05, 0) is 42.0 Å². The molecule has 1 unspecified atom stereocenters. The fourth-order valence-corrected chi connectivity index (χ4v) is 3.39. The van der Waals surface area contributed by atoms with Crippen LogP contribution in [0.2, 0.25) is 5.02 Å². The number of methoxy groups -OCH3 is 2. The number of hydrogen-bond acceptors (Lipinski definition) is 4. The van der Waals surface area contributed by atoms with Crippen molar-refractivity contribution in [2.24, 2.45) is 5.73 Å². The summed E-state index contributed by atoms with van der Waals surface area (Å²) in [4.78, 5) is 1.03. The molecule has 0 bridgehead atoms. The van der Waals surface area contributed by atoms with E-state index in [1.807, 2.05) is 30.5 Å². The Kier molecular flexibility index (Phi) is 4.91. The minimum absolute atomic E-state index is 0.112. The molecule has 0 aliphatic rings. The maximum atomic E-state index is 6.26. The number of hydrogen-bond donors (Lipinski definition) is 1. The van der Waals surface area contributed by atoms with Gasteiger partial charge in [0, 0.05) is 10.9 Å². The van der Waals surface area contributed by atoms with E-state index < -0.39 is 0 Å². The van der Waals surface area contributed by atoms with Crippen molar-refractivity contribution in [3.05, 3.63) is 44.6 Å². The van der Waals surface area contributed by atoms with Gasteiger partial charge in [0.05, 0.1) is 19.2 Å². The maximum absolute atomic E-state index is 6.26. The van der Waals surface area contributed by atoms with Crippen LogP contribution >= 0.6 is 22.9 Å². The molecule has 1 aromatic heterocycles. The highest BCUT2D eigenvalue weighted by Gasteiger charge is 2.15. The van der Waals surface area contributed by atoms with E-state index in [0.29, 0.717) is 12.2 Å². The van der Waals surface area contributed by atoms with E-state index in [2.05, 4.69) is 0 Å². The second kappa shape index (κ2) is 6.48. The summed E-state index contributed by atoms with van der Waals surface area (Å²) in [7, 11) is 3.25. The molecule has 1 atom stereocenters. The molecule has 2 N–H and O–H groups in total. The number of rotatable bonds is 5. The number of thiophene rings is 1. The highest BCUT2D eigenvalue weighted by Crippen LogP contribution is 2.34. The first-order chi connectivity index (χ1) is 9.56. The molecule has 20 heavy (non-hydrogen) atoms. The SMILES string of the molecule is COc1ccc(CC(N)c2scc(C)c2Cl)cc1OC. The van der Waals surface area contributed by atoms with Crippen molar-refractivity contribution in [3.8, 4) is 11.5 Å². The molecule has 0 saturated heterocycles. The van der Waals surface area contributed by atoms with Crippen LogP contribution in [0, 0.1) is 6.92 Å². The Morgan fingerprint density at radius 1 is 1.25 bits per heavy atom. The first-order valence-corrected chi connectivity index (χ1v) is 7.52. The van der Waals surface area contributed by atoms with Crippen LogP contribution in [0.25, 0.3) is 0 Å². The molecular formula is C15H18ClNO2S. The minimum atomic E-state index is -0.112. The van der Waals surface area contributed by atoms with E-state index in [1.165, 1.54) is 0 Å². The predicted molar refractivity (Wildman–Crippen MR) is 84.2 cm³/mol. The molecule has 2 rings (SSSR count). The number of halogens is 1. The molecule has 1 heterocycles. The summed E-state index contributed by atoms with van der Waals surface area (Å²) in [5, 5.41) is 2.81. The Labute approximate surface area is 128 Å². The van der Waals surface area contributed by atoms with Crippen LogP contribution in [0.15, 0.2) is 23.6 Å². The van der Waals surface area contributed by atoms with Crippen LogP contribution in [0.4, 0.5) is 0 Å². The van der Waals surface area contributed by atoms with Crippen LogP contribution in [-0.2, 0) is 6.42 Å². The summed E-state index contributed by atoms with van der Waals surface area (Å²) in [5.41, 5.74) is 8.43. The molecule has 0 aliphatic carbocycles. The molecule has 5 heteroatoms. The summed E-state index contributed by atoms with van der Waals surface area (Å²) in [6, 6.07) is 5.73. The summed E-state index contributed by atoms with van der Waals surface area (Å²) in [6.45, 7) is 1.99. The van der Waals surface area contributed by atoms with Gasteiger partial charge < -0.3 is 15.2 Å². The zero-order valence-electron chi connectivity index (χ0n) is 11.8. The number of ether oxygens (including phenoxy) is 2. The van der Waals surface area contributed by atoms with E-state index in [0.717, 1.165) is 26.8 Å². The third-order valence-corrected chi connectivity index (χ3v) is 5.01. The van der Waals surface area contributed by atoms with Crippen LogP contribution < -0.4 is 15.2 Å². The molecule has 0 radical (unpaired) electrons. The minimum Gasteiger partial charge on any atom is -0.493 e. The molecule has 0 amide bonds. The van der Waals surface area contributed by atoms with Crippen LogP contribution in [0.3, 0.4) is 0 Å². The average Bonchev–Trinajstić information content (AvgIpc) is 2.79.